The number of aliphatic hydroxyl groups is 1. The van der Waals surface area contributed by atoms with Crippen molar-refractivity contribution in [3.8, 4) is 0 Å². The maximum absolute atomic E-state index is 8.90. The van der Waals surface area contributed by atoms with Gasteiger partial charge in [0.1, 0.15) is 0 Å². The molecule has 8 heavy (non-hydrogen) atoms. The zero-order valence-corrected chi connectivity index (χ0v) is 5.59. The molecule has 48 valence electrons. The van der Waals surface area contributed by atoms with E-state index < -0.39 is 0 Å². The van der Waals surface area contributed by atoms with Gasteiger partial charge in [0, 0.05) is 0 Å². The predicted molar refractivity (Wildman–Crippen MR) is 35.7 cm³/mol. The van der Waals surface area contributed by atoms with Crippen LogP contribution in [0, 0.1) is 0 Å². The molecule has 0 aliphatic rings. The molecule has 0 amide bonds. The first-order valence-electron chi connectivity index (χ1n) is 3.16. The molecule has 1 atom stereocenters. The van der Waals surface area contributed by atoms with Crippen LogP contribution >= 0.6 is 0 Å². The van der Waals surface area contributed by atoms with Crippen molar-refractivity contribution in [1.29, 1.82) is 0 Å². The van der Waals surface area contributed by atoms with E-state index in [9.17, 15) is 0 Å². The van der Waals surface area contributed by atoms with Gasteiger partial charge in [-0.1, -0.05) is 26.0 Å². The second-order valence-corrected chi connectivity index (χ2v) is 1.81. The van der Waals surface area contributed by atoms with Crippen molar-refractivity contribution in [2.24, 2.45) is 0 Å². The predicted octanol–water partition coefficient (Wildman–Crippen LogP) is 1.72. The number of aliphatic hydroxyl groups excluding tert-OH is 1. The SMILES string of the molecule is CCC=C[C@H](O)CC. The molecule has 0 saturated heterocycles. The molecule has 1 heteroatoms. The van der Waals surface area contributed by atoms with Gasteiger partial charge in [-0.25, -0.2) is 0 Å². The molecule has 0 unspecified atom stereocenters. The lowest BCUT2D eigenvalue weighted by molar-refractivity contribution is 0.219. The second kappa shape index (κ2) is 4.85. The van der Waals surface area contributed by atoms with Crippen molar-refractivity contribution in [3.63, 3.8) is 0 Å². The molecule has 0 aliphatic heterocycles. The minimum absolute atomic E-state index is 0.227. The van der Waals surface area contributed by atoms with E-state index in [1.54, 1.807) is 0 Å². The molecule has 0 aromatic heterocycles. The Bertz CT molecular complexity index is 66.8. The van der Waals surface area contributed by atoms with Gasteiger partial charge >= 0.3 is 0 Å². The van der Waals surface area contributed by atoms with Gasteiger partial charge in [0.15, 0.2) is 0 Å². The summed E-state index contributed by atoms with van der Waals surface area (Å²) in [6, 6.07) is 0. The zero-order chi connectivity index (χ0) is 6.41. The van der Waals surface area contributed by atoms with Gasteiger partial charge in [0.05, 0.1) is 6.10 Å². The first-order chi connectivity index (χ1) is 3.81. The van der Waals surface area contributed by atoms with Crippen molar-refractivity contribution in [1.82, 2.24) is 0 Å². The lowest BCUT2D eigenvalue weighted by Gasteiger charge is -1.96. The Morgan fingerprint density at radius 2 is 2.12 bits per heavy atom. The van der Waals surface area contributed by atoms with Crippen LogP contribution in [-0.2, 0) is 0 Å². The summed E-state index contributed by atoms with van der Waals surface area (Å²) in [6.45, 7) is 4.02. The van der Waals surface area contributed by atoms with Crippen LogP contribution in [0.25, 0.3) is 0 Å². The summed E-state index contributed by atoms with van der Waals surface area (Å²) in [4.78, 5) is 0. The van der Waals surface area contributed by atoms with Crippen LogP contribution in [-0.4, -0.2) is 11.2 Å². The highest BCUT2D eigenvalue weighted by Crippen LogP contribution is 1.91. The first kappa shape index (κ1) is 7.70. The molecule has 0 fully saturated rings. The minimum Gasteiger partial charge on any atom is -0.389 e. The maximum Gasteiger partial charge on any atom is 0.0718 e. The van der Waals surface area contributed by atoms with E-state index in [-0.39, 0.29) is 6.10 Å². The Labute approximate surface area is 51.0 Å². The fraction of sp³-hybridized carbons (Fsp3) is 0.714. The molecule has 1 nitrogen and oxygen atoms in total. The molecule has 0 spiro atoms. The highest BCUT2D eigenvalue weighted by atomic mass is 16.3. The van der Waals surface area contributed by atoms with Crippen molar-refractivity contribution in [3.05, 3.63) is 12.2 Å². The lowest BCUT2D eigenvalue weighted by Crippen LogP contribution is -1.97. The summed E-state index contributed by atoms with van der Waals surface area (Å²) < 4.78 is 0. The highest BCUT2D eigenvalue weighted by Gasteiger charge is 1.88. The quantitative estimate of drug-likeness (QED) is 0.554. The van der Waals surface area contributed by atoms with Gasteiger partial charge in [-0.3, -0.25) is 0 Å². The van der Waals surface area contributed by atoms with E-state index in [1.165, 1.54) is 0 Å². The molecule has 0 rings (SSSR count). The first-order valence-corrected chi connectivity index (χ1v) is 3.16. The summed E-state index contributed by atoms with van der Waals surface area (Å²) in [5.74, 6) is 0. The third-order valence-corrected chi connectivity index (χ3v) is 1.01. The van der Waals surface area contributed by atoms with E-state index in [2.05, 4.69) is 6.92 Å². The standard InChI is InChI=1S/C7H14O/c1-3-5-6-7(8)4-2/h5-8H,3-4H2,1-2H3/t7-/m1/s1. The van der Waals surface area contributed by atoms with E-state index in [0.717, 1.165) is 12.8 Å². The summed E-state index contributed by atoms with van der Waals surface area (Å²) in [7, 11) is 0. The highest BCUT2D eigenvalue weighted by molar-refractivity contribution is 4.86. The summed E-state index contributed by atoms with van der Waals surface area (Å²) in [5, 5.41) is 8.90. The van der Waals surface area contributed by atoms with Gasteiger partial charge in [-0.05, 0) is 12.8 Å². The molecule has 0 aromatic rings. The third-order valence-electron chi connectivity index (χ3n) is 1.01. The Morgan fingerprint density at radius 3 is 2.50 bits per heavy atom. The molecular formula is C7H14O. The molecule has 0 bridgehead atoms. The topological polar surface area (TPSA) is 20.2 Å². The molecule has 1 N–H and O–H groups in total. The minimum atomic E-state index is -0.227. The Balaban J connectivity index is 3.21. The smallest absolute Gasteiger partial charge is 0.0718 e. The fourth-order valence-electron chi connectivity index (χ4n) is 0.429. The van der Waals surface area contributed by atoms with Crippen LogP contribution in [0.1, 0.15) is 26.7 Å². The van der Waals surface area contributed by atoms with Crippen LogP contribution < -0.4 is 0 Å². The monoisotopic (exact) mass is 114 g/mol. The molecule has 0 aliphatic carbocycles. The lowest BCUT2D eigenvalue weighted by atomic mass is 10.2. The largest absolute Gasteiger partial charge is 0.389 e. The van der Waals surface area contributed by atoms with Gasteiger partial charge in [-0.2, -0.15) is 0 Å². The van der Waals surface area contributed by atoms with Crippen LogP contribution in [0.3, 0.4) is 0 Å². The van der Waals surface area contributed by atoms with E-state index in [4.69, 9.17) is 5.11 Å². The normalized spacial score (nSPS) is 14.9. The second-order valence-electron chi connectivity index (χ2n) is 1.81. The van der Waals surface area contributed by atoms with E-state index >= 15 is 0 Å². The Hall–Kier alpha value is -0.300. The third kappa shape index (κ3) is 3.88. The number of rotatable bonds is 3. The average Bonchev–Trinajstić information content (AvgIpc) is 1.83. The van der Waals surface area contributed by atoms with Gasteiger partial charge in [0.2, 0.25) is 0 Å². The van der Waals surface area contributed by atoms with E-state index in [1.807, 2.05) is 19.1 Å². The molecule has 0 aromatic carbocycles. The van der Waals surface area contributed by atoms with Gasteiger partial charge in [-0.15, -0.1) is 0 Å². The number of hydrogen-bond donors (Lipinski definition) is 1. The zero-order valence-electron chi connectivity index (χ0n) is 5.59. The summed E-state index contributed by atoms with van der Waals surface area (Å²) in [5.41, 5.74) is 0. The molecule has 0 heterocycles. The number of allylic oxidation sites excluding steroid dienone is 1. The Kier molecular flexibility index (Phi) is 4.67. The summed E-state index contributed by atoms with van der Waals surface area (Å²) in [6.07, 6.45) is 5.41. The van der Waals surface area contributed by atoms with E-state index in [0.29, 0.717) is 0 Å². The van der Waals surface area contributed by atoms with Crippen molar-refractivity contribution in [2.45, 2.75) is 32.8 Å². The van der Waals surface area contributed by atoms with Crippen LogP contribution in [0.15, 0.2) is 12.2 Å². The van der Waals surface area contributed by atoms with Crippen molar-refractivity contribution in [2.75, 3.05) is 0 Å². The molecule has 0 radical (unpaired) electrons. The van der Waals surface area contributed by atoms with Gasteiger partial charge in [0.25, 0.3) is 0 Å². The average molecular weight is 114 g/mol. The molecule has 0 saturated carbocycles. The number of hydrogen-bond acceptors (Lipinski definition) is 1. The van der Waals surface area contributed by atoms with Crippen molar-refractivity contribution < 1.29 is 5.11 Å². The van der Waals surface area contributed by atoms with Crippen LogP contribution in [0.4, 0.5) is 0 Å². The van der Waals surface area contributed by atoms with Crippen molar-refractivity contribution >= 4 is 0 Å². The Morgan fingerprint density at radius 1 is 1.50 bits per heavy atom. The van der Waals surface area contributed by atoms with Gasteiger partial charge < -0.3 is 5.11 Å². The molecular weight excluding hydrogens is 100 g/mol. The maximum atomic E-state index is 8.90. The van der Waals surface area contributed by atoms with Crippen LogP contribution in [0.5, 0.6) is 0 Å². The summed E-state index contributed by atoms with van der Waals surface area (Å²) >= 11 is 0. The fourth-order valence-corrected chi connectivity index (χ4v) is 0.429. The van der Waals surface area contributed by atoms with Crippen LogP contribution in [0.2, 0.25) is 0 Å².